The van der Waals surface area contributed by atoms with E-state index in [0.29, 0.717) is 71.7 Å². The summed E-state index contributed by atoms with van der Waals surface area (Å²) in [5.41, 5.74) is 5.60. The zero-order valence-corrected chi connectivity index (χ0v) is 61.9. The summed E-state index contributed by atoms with van der Waals surface area (Å²) in [5.74, 6) is 7.02. The summed E-state index contributed by atoms with van der Waals surface area (Å²) in [6, 6.07) is 54.9. The Morgan fingerprint density at radius 3 is 1.17 bits per heavy atom. The van der Waals surface area contributed by atoms with Crippen molar-refractivity contribution >= 4 is 60.3 Å². The lowest BCUT2D eigenvalue weighted by atomic mass is 10.0. The highest BCUT2D eigenvalue weighted by Gasteiger charge is 2.25. The molecule has 4 atom stereocenters. The SMILES string of the molecule is COC1=CC(=O)OC(/C=C/c2ccc3c(c2)OCO3)C1.COC1=CC(=O)OC(/C=C/c2ccccc2)C1.COC1=CC(=O)OC(CCc2ccc3c(c2)OCO3)C1.COC1=CC(=O)OC(CCc2ccccc2)C1.COc1cc(/C=C/c2ccccc2)oc(=O)c1.COc1ccc(/C=C/c2cc(OC)cc(=O)o2)cc1. The molecule has 14 rings (SSSR count). The standard InChI is InChI=1S/C15H16O5.C15H14O5.C15H14O4.C14H16O3.C14H14O3.C14H12O3/c2*1-17-12-7-11(20-15(16)8-12)4-2-10-3-5-13-14(6-10)19-9-18-13;1-17-12-6-3-11(4-7-12)5-8-13-9-14(18-2)10-15(16)19-13;3*1-16-13-9-12(17-14(15)10-13)8-7-11-5-3-2-4-6-11/h3,5-6,8,11H,2,4,7,9H2,1H3;2-6,8,11H,7,9H2,1H3;3-10H,1-2H3;2-6,10,12H,7-9H2,1H3;2-8,10,12H,9H2,1H3;2-10H,1H3/b;4-2+;8-5+;;2*8-7+. The lowest BCUT2D eigenvalue weighted by molar-refractivity contribution is -0.146. The average Bonchev–Trinajstić information content (AvgIpc) is 1.72. The molecule has 2 aromatic heterocycles. The third-order valence-corrected chi connectivity index (χ3v) is 16.7. The van der Waals surface area contributed by atoms with Crippen molar-refractivity contribution in [3.05, 3.63) is 301 Å². The molecule has 23 heteroatoms. The third-order valence-electron chi connectivity index (χ3n) is 16.7. The van der Waals surface area contributed by atoms with Crippen LogP contribution in [0.3, 0.4) is 0 Å². The summed E-state index contributed by atoms with van der Waals surface area (Å²) in [6.45, 7) is 0.533. The molecule has 0 bridgehead atoms. The van der Waals surface area contributed by atoms with Crippen LogP contribution in [0, 0.1) is 0 Å². The number of cyclic esters (lactones) is 4. The van der Waals surface area contributed by atoms with Gasteiger partial charge in [0.15, 0.2) is 23.0 Å². The molecule has 0 amide bonds. The van der Waals surface area contributed by atoms with Gasteiger partial charge in [-0.05, 0) is 120 Å². The van der Waals surface area contributed by atoms with Crippen LogP contribution in [0.2, 0.25) is 0 Å². The highest BCUT2D eigenvalue weighted by atomic mass is 16.7. The second kappa shape index (κ2) is 42.8. The van der Waals surface area contributed by atoms with Gasteiger partial charge in [-0.1, -0.05) is 140 Å². The van der Waals surface area contributed by atoms with Gasteiger partial charge in [0.25, 0.3) is 0 Å². The molecule has 0 saturated heterocycles. The van der Waals surface area contributed by atoms with Gasteiger partial charge >= 0.3 is 35.1 Å². The molecule has 23 nitrogen and oxygen atoms in total. The van der Waals surface area contributed by atoms with E-state index in [1.54, 1.807) is 59.8 Å². The minimum atomic E-state index is -0.436. The summed E-state index contributed by atoms with van der Waals surface area (Å²) in [7, 11) is 10.9. The van der Waals surface area contributed by atoms with Crippen LogP contribution in [-0.4, -0.2) is 112 Å². The number of esters is 4. The van der Waals surface area contributed by atoms with Gasteiger partial charge in [-0.25, -0.2) is 28.8 Å². The molecule has 0 aliphatic carbocycles. The third kappa shape index (κ3) is 27.3. The minimum Gasteiger partial charge on any atom is -0.501 e. The van der Waals surface area contributed by atoms with E-state index in [1.165, 1.54) is 56.2 Å². The number of carbonyl (C=O) groups excluding carboxylic acids is 4. The van der Waals surface area contributed by atoms with E-state index in [4.69, 9.17) is 79.9 Å². The van der Waals surface area contributed by atoms with E-state index in [0.717, 1.165) is 82.2 Å². The van der Waals surface area contributed by atoms with Crippen molar-refractivity contribution in [2.45, 2.75) is 75.8 Å². The van der Waals surface area contributed by atoms with Crippen LogP contribution in [0.1, 0.15) is 83.4 Å². The predicted octanol–water partition coefficient (Wildman–Crippen LogP) is 15.1. The topological polar surface area (TPSA) is 267 Å². The Morgan fingerprint density at radius 2 is 0.709 bits per heavy atom. The van der Waals surface area contributed by atoms with Gasteiger partial charge in [0.2, 0.25) is 13.6 Å². The molecule has 0 N–H and O–H groups in total. The molecule has 572 valence electrons. The second-order valence-electron chi connectivity index (χ2n) is 24.4. The Bertz CT molecular complexity index is 4720. The zero-order chi connectivity index (χ0) is 77.8. The number of methoxy groups -OCH3 is 7. The molecule has 6 aliphatic rings. The first kappa shape index (κ1) is 80.9. The van der Waals surface area contributed by atoms with Gasteiger partial charge in [0.05, 0.1) is 86.2 Å². The molecule has 6 aromatic carbocycles. The number of hydrogen-bond donors (Lipinski definition) is 0. The van der Waals surface area contributed by atoms with Crippen LogP contribution >= 0.6 is 0 Å². The number of hydrogen-bond acceptors (Lipinski definition) is 23. The number of rotatable bonds is 21. The van der Waals surface area contributed by atoms with Gasteiger partial charge in [-0.2, -0.15) is 0 Å². The molecule has 8 heterocycles. The molecule has 0 spiro atoms. The molecule has 6 aliphatic heterocycles. The van der Waals surface area contributed by atoms with E-state index in [1.807, 2.05) is 176 Å². The lowest BCUT2D eigenvalue weighted by Gasteiger charge is -2.22. The number of carbonyl (C=O) groups is 4. The maximum atomic E-state index is 11.4. The maximum absolute atomic E-state index is 11.4. The number of aryl methyl sites for hydroxylation is 2. The molecular weight excluding hydrogens is 1410 g/mol. The van der Waals surface area contributed by atoms with Gasteiger partial charge in [-0.3, -0.25) is 0 Å². The minimum absolute atomic E-state index is 0.0670. The first-order valence-electron chi connectivity index (χ1n) is 35.0. The molecule has 8 aromatic rings. The Labute approximate surface area is 637 Å². The van der Waals surface area contributed by atoms with Crippen molar-refractivity contribution < 1.29 is 99.1 Å². The second-order valence-corrected chi connectivity index (χ2v) is 24.4. The van der Waals surface area contributed by atoms with Crippen LogP contribution in [0.25, 0.3) is 36.5 Å². The van der Waals surface area contributed by atoms with Crippen LogP contribution in [0.15, 0.2) is 254 Å². The summed E-state index contributed by atoms with van der Waals surface area (Å²) in [5, 5.41) is 0. The highest BCUT2D eigenvalue weighted by Crippen LogP contribution is 2.35. The molecule has 110 heavy (non-hydrogen) atoms. The van der Waals surface area contributed by atoms with Crippen molar-refractivity contribution in [2.75, 3.05) is 63.4 Å². The maximum Gasteiger partial charge on any atom is 0.339 e. The van der Waals surface area contributed by atoms with Crippen molar-refractivity contribution in [1.82, 2.24) is 0 Å². The Hall–Kier alpha value is -13.2. The average molecular weight is 1500 g/mol. The molecular formula is C87H86O23. The summed E-state index contributed by atoms with van der Waals surface area (Å²) >= 11 is 0. The van der Waals surface area contributed by atoms with Crippen LogP contribution < -0.4 is 44.4 Å². The first-order valence-corrected chi connectivity index (χ1v) is 35.0. The fourth-order valence-electron chi connectivity index (χ4n) is 11.0. The molecule has 0 saturated carbocycles. The van der Waals surface area contributed by atoms with E-state index in [2.05, 4.69) is 12.1 Å². The number of ether oxygens (including phenoxy) is 15. The Kier molecular flexibility index (Phi) is 31.5. The predicted molar refractivity (Wildman–Crippen MR) is 411 cm³/mol. The summed E-state index contributed by atoms with van der Waals surface area (Å²) in [4.78, 5) is 67.7. The molecule has 0 fully saturated rings. The number of fused-ring (bicyclic) bond motifs is 2. The van der Waals surface area contributed by atoms with Gasteiger partial charge in [0, 0.05) is 37.8 Å². The van der Waals surface area contributed by atoms with Crippen molar-refractivity contribution in [3.63, 3.8) is 0 Å². The van der Waals surface area contributed by atoms with E-state index in [-0.39, 0.29) is 61.9 Å². The lowest BCUT2D eigenvalue weighted by Crippen LogP contribution is -2.23. The van der Waals surface area contributed by atoms with Crippen LogP contribution in [0.4, 0.5) is 0 Å². The summed E-state index contributed by atoms with van der Waals surface area (Å²) < 4.78 is 87.6. The molecule has 4 unspecified atom stereocenters. The Balaban J connectivity index is 0.000000152. The van der Waals surface area contributed by atoms with Crippen molar-refractivity contribution in [1.29, 1.82) is 0 Å². The zero-order valence-electron chi connectivity index (χ0n) is 61.9. The molecule has 0 radical (unpaired) electrons. The first-order chi connectivity index (χ1) is 53.5. The smallest absolute Gasteiger partial charge is 0.339 e. The van der Waals surface area contributed by atoms with Gasteiger partial charge in [-0.15, -0.1) is 0 Å². The van der Waals surface area contributed by atoms with Gasteiger partial charge in [0.1, 0.15) is 76.2 Å². The fourth-order valence-corrected chi connectivity index (χ4v) is 11.0. The summed E-state index contributed by atoms with van der Waals surface area (Å²) in [6.07, 6.45) is 25.3. The van der Waals surface area contributed by atoms with Crippen molar-refractivity contribution in [2.24, 2.45) is 0 Å². The van der Waals surface area contributed by atoms with E-state index < -0.39 is 11.3 Å². The van der Waals surface area contributed by atoms with Gasteiger partial charge < -0.3 is 79.9 Å². The largest absolute Gasteiger partial charge is 0.501 e. The highest BCUT2D eigenvalue weighted by molar-refractivity contribution is 5.85. The normalized spacial score (nSPS) is 17.0. The van der Waals surface area contributed by atoms with Crippen molar-refractivity contribution in [3.8, 4) is 40.2 Å². The van der Waals surface area contributed by atoms with Crippen LogP contribution in [-0.2, 0) is 69.9 Å². The number of benzene rings is 6. The van der Waals surface area contributed by atoms with E-state index in [9.17, 15) is 28.8 Å². The van der Waals surface area contributed by atoms with E-state index >= 15 is 0 Å². The Morgan fingerprint density at radius 1 is 0.327 bits per heavy atom. The van der Waals surface area contributed by atoms with Crippen LogP contribution in [0.5, 0.6) is 40.2 Å². The fraction of sp³-hybridized carbons (Fsp3) is 0.241. The monoisotopic (exact) mass is 1500 g/mol. The quantitative estimate of drug-likeness (QED) is 0.0478.